The summed E-state index contributed by atoms with van der Waals surface area (Å²) < 4.78 is 50.5. The largest absolute Gasteiger partial charge is 0.462 e. The highest BCUT2D eigenvalue weighted by molar-refractivity contribution is 6.33. The molecule has 0 aliphatic carbocycles. The molecule has 0 saturated carbocycles. The fourth-order valence-electron chi connectivity index (χ4n) is 4.29. The van der Waals surface area contributed by atoms with Crippen LogP contribution >= 0.6 is 11.6 Å². The normalized spacial score (nSPS) is 10.9. The van der Waals surface area contributed by atoms with Crippen molar-refractivity contribution >= 4 is 22.6 Å². The number of rotatable bonds is 7. The van der Waals surface area contributed by atoms with E-state index in [1.54, 1.807) is 13.1 Å². The quantitative estimate of drug-likeness (QED) is 0.262. The standard InChI is InChI=1S/C27H16ClF3N8O3/c1-37-13-34-22(36-37)12-39-26(40)24-21(38(27(39)41)11-15-7-19(29)23(31)20(30)8-15)9-17(25(35-24)42-5-4-32)16-6-14(10-33)2-3-18(16)28/h2-3,6-9,13H,5,11-12H2,1H3. The third-order valence-electron chi connectivity index (χ3n) is 6.16. The minimum atomic E-state index is -1.68. The minimum Gasteiger partial charge on any atom is -0.462 e. The number of nitriles is 2. The molecule has 0 unspecified atom stereocenters. The first-order chi connectivity index (χ1) is 20.1. The van der Waals surface area contributed by atoms with E-state index in [4.69, 9.17) is 21.6 Å². The number of hydrogen-bond donors (Lipinski definition) is 0. The predicted octanol–water partition coefficient (Wildman–Crippen LogP) is 3.30. The van der Waals surface area contributed by atoms with Crippen LogP contribution in [0.4, 0.5) is 13.2 Å². The Morgan fingerprint density at radius 3 is 2.38 bits per heavy atom. The minimum absolute atomic E-state index is 0.0990. The zero-order chi connectivity index (χ0) is 30.1. The summed E-state index contributed by atoms with van der Waals surface area (Å²) in [6, 6.07) is 10.9. The van der Waals surface area contributed by atoms with E-state index in [0.29, 0.717) is 0 Å². The van der Waals surface area contributed by atoms with Crippen LogP contribution in [0.1, 0.15) is 17.0 Å². The average Bonchev–Trinajstić information content (AvgIpc) is 3.39. The van der Waals surface area contributed by atoms with Crippen molar-refractivity contribution in [3.63, 3.8) is 0 Å². The highest BCUT2D eigenvalue weighted by Crippen LogP contribution is 2.36. The summed E-state index contributed by atoms with van der Waals surface area (Å²) in [7, 11) is 1.59. The van der Waals surface area contributed by atoms with Crippen LogP contribution in [0.25, 0.3) is 22.2 Å². The Labute approximate surface area is 238 Å². The van der Waals surface area contributed by atoms with E-state index in [9.17, 15) is 28.0 Å². The molecule has 0 N–H and O–H groups in total. The predicted molar refractivity (Wildman–Crippen MR) is 142 cm³/mol. The molecule has 2 aromatic carbocycles. The Balaban J connectivity index is 1.84. The van der Waals surface area contributed by atoms with Gasteiger partial charge in [0.05, 0.1) is 30.2 Å². The lowest BCUT2D eigenvalue weighted by Crippen LogP contribution is -2.41. The lowest BCUT2D eigenvalue weighted by Gasteiger charge is -2.17. The third-order valence-corrected chi connectivity index (χ3v) is 6.49. The van der Waals surface area contributed by atoms with Crippen molar-refractivity contribution in [2.75, 3.05) is 6.61 Å². The van der Waals surface area contributed by atoms with Crippen LogP contribution in [-0.2, 0) is 20.1 Å². The van der Waals surface area contributed by atoms with Gasteiger partial charge in [-0.25, -0.2) is 27.9 Å². The molecule has 0 spiro atoms. The topological polar surface area (TPSA) is 144 Å². The molecular formula is C27H16ClF3N8O3. The van der Waals surface area contributed by atoms with Crippen molar-refractivity contribution in [1.82, 2.24) is 28.9 Å². The summed E-state index contributed by atoms with van der Waals surface area (Å²) >= 11 is 6.42. The molecule has 0 bridgehead atoms. The molecular weight excluding hydrogens is 577 g/mol. The van der Waals surface area contributed by atoms with Gasteiger partial charge in [-0.05, 0) is 42.0 Å². The molecule has 3 heterocycles. The molecule has 210 valence electrons. The van der Waals surface area contributed by atoms with Crippen LogP contribution in [0.2, 0.25) is 5.02 Å². The maximum absolute atomic E-state index is 14.1. The van der Waals surface area contributed by atoms with E-state index in [1.807, 2.05) is 6.07 Å². The van der Waals surface area contributed by atoms with Crippen LogP contribution in [-0.4, -0.2) is 35.5 Å². The fourth-order valence-corrected chi connectivity index (χ4v) is 4.51. The van der Waals surface area contributed by atoms with Crippen molar-refractivity contribution < 1.29 is 17.9 Å². The highest BCUT2D eigenvalue weighted by Gasteiger charge is 2.22. The summed E-state index contributed by atoms with van der Waals surface area (Å²) in [5.41, 5.74) is -1.76. The summed E-state index contributed by atoms with van der Waals surface area (Å²) in [6.45, 7) is -1.36. The Morgan fingerprint density at radius 1 is 1.00 bits per heavy atom. The molecule has 5 aromatic rings. The van der Waals surface area contributed by atoms with E-state index in [1.165, 1.54) is 35.3 Å². The summed E-state index contributed by atoms with van der Waals surface area (Å²) in [6.07, 6.45) is 1.36. The number of hydrogen-bond acceptors (Lipinski definition) is 8. The van der Waals surface area contributed by atoms with Gasteiger partial charge in [0, 0.05) is 23.2 Å². The van der Waals surface area contributed by atoms with E-state index in [-0.39, 0.29) is 56.6 Å². The Morgan fingerprint density at radius 2 is 1.74 bits per heavy atom. The summed E-state index contributed by atoms with van der Waals surface area (Å²) in [4.78, 5) is 35.7. The smallest absolute Gasteiger partial charge is 0.332 e. The van der Waals surface area contributed by atoms with Gasteiger partial charge in [0.2, 0.25) is 5.88 Å². The van der Waals surface area contributed by atoms with Crippen LogP contribution in [0, 0.1) is 40.1 Å². The molecule has 0 atom stereocenters. The number of ether oxygens (including phenoxy) is 1. The molecule has 0 radical (unpaired) electrons. The molecule has 11 nitrogen and oxygen atoms in total. The molecule has 0 amide bonds. The average molecular weight is 593 g/mol. The van der Waals surface area contributed by atoms with Gasteiger partial charge in [-0.15, -0.1) is 0 Å². The maximum atomic E-state index is 14.1. The van der Waals surface area contributed by atoms with Crippen LogP contribution < -0.4 is 16.0 Å². The molecule has 3 aromatic heterocycles. The van der Waals surface area contributed by atoms with Gasteiger partial charge < -0.3 is 4.74 Å². The number of aromatic nitrogens is 6. The second-order valence-electron chi connectivity index (χ2n) is 8.93. The van der Waals surface area contributed by atoms with E-state index in [0.717, 1.165) is 21.3 Å². The summed E-state index contributed by atoms with van der Waals surface area (Å²) in [5.74, 6) is -4.72. The Kier molecular flexibility index (Phi) is 7.48. The third kappa shape index (κ3) is 5.18. The molecule has 0 saturated heterocycles. The van der Waals surface area contributed by atoms with Crippen molar-refractivity contribution in [2.45, 2.75) is 13.1 Å². The van der Waals surface area contributed by atoms with Crippen molar-refractivity contribution in [3.05, 3.63) is 103 Å². The number of aryl methyl sites for hydroxylation is 1. The lowest BCUT2D eigenvalue weighted by atomic mass is 10.0. The van der Waals surface area contributed by atoms with Crippen LogP contribution in [0.15, 0.2) is 52.3 Å². The summed E-state index contributed by atoms with van der Waals surface area (Å²) in [5, 5.41) is 22.8. The molecule has 15 heteroatoms. The van der Waals surface area contributed by atoms with E-state index >= 15 is 0 Å². The number of pyridine rings is 1. The maximum Gasteiger partial charge on any atom is 0.332 e. The number of halogens is 4. The van der Waals surface area contributed by atoms with E-state index in [2.05, 4.69) is 15.1 Å². The van der Waals surface area contributed by atoms with Crippen LogP contribution in [0.5, 0.6) is 5.88 Å². The van der Waals surface area contributed by atoms with Gasteiger partial charge in [-0.3, -0.25) is 18.6 Å². The second kappa shape index (κ2) is 11.2. The van der Waals surface area contributed by atoms with Gasteiger partial charge in [0.25, 0.3) is 5.56 Å². The van der Waals surface area contributed by atoms with Crippen molar-refractivity contribution in [2.24, 2.45) is 7.05 Å². The van der Waals surface area contributed by atoms with Crippen molar-refractivity contribution in [3.8, 4) is 29.1 Å². The number of fused-ring (bicyclic) bond motifs is 1. The zero-order valence-electron chi connectivity index (χ0n) is 21.5. The molecule has 0 aliphatic heterocycles. The highest BCUT2D eigenvalue weighted by atomic mass is 35.5. The zero-order valence-corrected chi connectivity index (χ0v) is 22.2. The molecule has 42 heavy (non-hydrogen) atoms. The van der Waals surface area contributed by atoms with E-state index < -0.39 is 41.9 Å². The monoisotopic (exact) mass is 592 g/mol. The molecule has 0 fully saturated rings. The molecule has 0 aliphatic rings. The fraction of sp³-hybridized carbons (Fsp3) is 0.148. The first-order valence-corrected chi connectivity index (χ1v) is 12.3. The second-order valence-corrected chi connectivity index (χ2v) is 9.34. The first-order valence-electron chi connectivity index (χ1n) is 12.0. The first kappa shape index (κ1) is 28.1. The van der Waals surface area contributed by atoms with Gasteiger partial charge in [-0.1, -0.05) is 11.6 Å². The Hall–Kier alpha value is -5.47. The molecule has 5 rings (SSSR count). The Bertz CT molecular complexity index is 2070. The SMILES string of the molecule is Cn1cnc(Cn2c(=O)c3nc(OCC#N)c(-c4cc(C#N)ccc4Cl)cc3n(Cc3cc(F)c(F)c(F)c3)c2=O)n1. The van der Waals surface area contributed by atoms with Gasteiger partial charge in [-0.2, -0.15) is 15.6 Å². The van der Waals surface area contributed by atoms with Crippen LogP contribution in [0.3, 0.4) is 0 Å². The van der Waals surface area contributed by atoms with Crippen molar-refractivity contribution in [1.29, 1.82) is 10.5 Å². The lowest BCUT2D eigenvalue weighted by molar-refractivity contribution is 0.356. The van der Waals surface area contributed by atoms with Gasteiger partial charge >= 0.3 is 5.69 Å². The van der Waals surface area contributed by atoms with Gasteiger partial charge in [0.15, 0.2) is 35.4 Å². The number of benzene rings is 2. The number of nitrogens with zero attached hydrogens (tertiary/aromatic N) is 8. The van der Waals surface area contributed by atoms with Gasteiger partial charge in [0.1, 0.15) is 12.4 Å².